The summed E-state index contributed by atoms with van der Waals surface area (Å²) in [6.45, 7) is 5.70. The van der Waals surface area contributed by atoms with Gasteiger partial charge in [0, 0.05) is 13.1 Å². The number of amides is 1. The molecule has 5 nitrogen and oxygen atoms in total. The van der Waals surface area contributed by atoms with E-state index in [1.807, 2.05) is 4.90 Å². The molecule has 140 valence electrons. The lowest BCUT2D eigenvalue weighted by atomic mass is 9.48. The van der Waals surface area contributed by atoms with Crippen molar-refractivity contribution in [2.24, 2.45) is 29.1 Å². The Hall–Kier alpha value is -1.10. The zero-order valence-corrected chi connectivity index (χ0v) is 15.5. The maximum absolute atomic E-state index is 12.9. The highest BCUT2D eigenvalue weighted by Gasteiger charge is 2.60. The molecule has 5 fully saturated rings. The first-order valence-corrected chi connectivity index (χ1v) is 9.94. The molecule has 1 N–H and O–H groups in total. The normalized spacial score (nSPS) is 45.5. The molecule has 0 aromatic rings. The summed E-state index contributed by atoms with van der Waals surface area (Å²) < 4.78 is 5.52. The van der Waals surface area contributed by atoms with Crippen molar-refractivity contribution in [3.8, 4) is 0 Å². The third-order valence-corrected chi connectivity index (χ3v) is 7.01. The summed E-state index contributed by atoms with van der Waals surface area (Å²) in [7, 11) is 0. The minimum atomic E-state index is -0.676. The molecule has 1 saturated heterocycles. The maximum atomic E-state index is 12.9. The van der Waals surface area contributed by atoms with E-state index in [0.717, 1.165) is 51.6 Å². The molecule has 1 amide bonds. The summed E-state index contributed by atoms with van der Waals surface area (Å²) in [5, 5.41) is 10.8. The first-order valence-electron chi connectivity index (χ1n) is 9.94. The van der Waals surface area contributed by atoms with E-state index < -0.39 is 11.0 Å². The fourth-order valence-corrected chi connectivity index (χ4v) is 6.69. The van der Waals surface area contributed by atoms with Gasteiger partial charge in [0.2, 0.25) is 0 Å². The molecule has 1 heterocycles. The van der Waals surface area contributed by atoms with Crippen molar-refractivity contribution in [1.82, 2.24) is 4.90 Å². The number of esters is 1. The van der Waals surface area contributed by atoms with Gasteiger partial charge in [-0.15, -0.1) is 0 Å². The summed E-state index contributed by atoms with van der Waals surface area (Å²) >= 11 is 0. The molecule has 5 rings (SSSR count). The predicted molar refractivity (Wildman–Crippen MR) is 92.5 cm³/mol. The van der Waals surface area contributed by atoms with Crippen molar-refractivity contribution in [2.75, 3.05) is 19.7 Å². The van der Waals surface area contributed by atoms with Gasteiger partial charge in [0.05, 0.1) is 11.0 Å². The highest BCUT2D eigenvalue weighted by molar-refractivity contribution is 5.83. The molecule has 5 heteroatoms. The van der Waals surface area contributed by atoms with Crippen LogP contribution in [0.4, 0.5) is 0 Å². The van der Waals surface area contributed by atoms with E-state index in [4.69, 9.17) is 4.74 Å². The van der Waals surface area contributed by atoms with Crippen LogP contribution in [-0.2, 0) is 14.3 Å². The molecule has 4 bridgehead atoms. The average molecular weight is 349 g/mol. The number of piperidine rings is 1. The van der Waals surface area contributed by atoms with Crippen molar-refractivity contribution in [3.63, 3.8) is 0 Å². The molecule has 0 aromatic carbocycles. The molecule has 0 radical (unpaired) electrons. The lowest BCUT2D eigenvalue weighted by Crippen LogP contribution is -2.58. The molecule has 1 aliphatic heterocycles. The van der Waals surface area contributed by atoms with Gasteiger partial charge in [-0.3, -0.25) is 9.59 Å². The van der Waals surface area contributed by atoms with Gasteiger partial charge in [-0.2, -0.15) is 0 Å². The van der Waals surface area contributed by atoms with E-state index in [0.29, 0.717) is 30.1 Å². The van der Waals surface area contributed by atoms with Crippen LogP contribution in [0.5, 0.6) is 0 Å². The van der Waals surface area contributed by atoms with Gasteiger partial charge < -0.3 is 14.7 Å². The Balaban J connectivity index is 1.37. The number of carbonyl (C=O) groups is 2. The summed E-state index contributed by atoms with van der Waals surface area (Å²) in [5.74, 6) is 1.57. The number of nitrogens with zero attached hydrogens (tertiary/aromatic N) is 1. The van der Waals surface area contributed by atoms with Crippen molar-refractivity contribution in [3.05, 3.63) is 0 Å². The second-order valence-corrected chi connectivity index (χ2v) is 9.79. The average Bonchev–Trinajstić information content (AvgIpc) is 2.48. The summed E-state index contributed by atoms with van der Waals surface area (Å²) in [6.07, 6.45) is 6.14. The Labute approximate surface area is 150 Å². The monoisotopic (exact) mass is 349 g/mol. The van der Waals surface area contributed by atoms with Gasteiger partial charge in [0.25, 0.3) is 5.91 Å². The minimum absolute atomic E-state index is 0.0739. The maximum Gasteiger partial charge on any atom is 0.312 e. The fourth-order valence-electron chi connectivity index (χ4n) is 6.69. The SMILES string of the molecule is C[C@@H]1C[C@H](C)CN(C(=O)COC(=O)C23C[C@H]4C[C@@H](CC(O)(C4)C2)C3)C1. The zero-order valence-electron chi connectivity index (χ0n) is 15.5. The van der Waals surface area contributed by atoms with E-state index in [9.17, 15) is 14.7 Å². The zero-order chi connectivity index (χ0) is 17.8. The van der Waals surface area contributed by atoms with Crippen molar-refractivity contribution in [2.45, 2.75) is 64.4 Å². The molecule has 0 unspecified atom stereocenters. The van der Waals surface area contributed by atoms with Crippen molar-refractivity contribution >= 4 is 11.9 Å². The lowest BCUT2D eigenvalue weighted by Gasteiger charge is -2.58. The van der Waals surface area contributed by atoms with Crippen LogP contribution in [0.2, 0.25) is 0 Å². The van der Waals surface area contributed by atoms with Gasteiger partial charge in [-0.05, 0) is 68.6 Å². The molecule has 0 spiro atoms. The number of aliphatic hydroxyl groups is 1. The number of hydrogen-bond donors (Lipinski definition) is 1. The topological polar surface area (TPSA) is 66.8 Å². The van der Waals surface area contributed by atoms with Gasteiger partial charge >= 0.3 is 5.97 Å². The highest BCUT2D eigenvalue weighted by Crippen LogP contribution is 2.61. The van der Waals surface area contributed by atoms with Crippen molar-refractivity contribution in [1.29, 1.82) is 0 Å². The standard InChI is InChI=1S/C20H31NO4/c1-13-3-14(2)10-21(9-13)17(22)11-25-18(23)19-5-15-4-16(6-19)8-20(24,7-15)12-19/h13-16,24H,3-12H2,1-2H3/t13-,14+,15-,16-,19?,20?/m1/s1. The first kappa shape index (κ1) is 17.3. The van der Waals surface area contributed by atoms with Crippen LogP contribution in [-0.4, -0.2) is 47.2 Å². The summed E-state index contributed by atoms with van der Waals surface area (Å²) in [6, 6.07) is 0. The van der Waals surface area contributed by atoms with Crippen LogP contribution in [0.15, 0.2) is 0 Å². The smallest absolute Gasteiger partial charge is 0.312 e. The third-order valence-electron chi connectivity index (χ3n) is 7.01. The largest absolute Gasteiger partial charge is 0.455 e. The van der Waals surface area contributed by atoms with Crippen LogP contribution >= 0.6 is 0 Å². The Kier molecular flexibility index (Phi) is 4.13. The Morgan fingerprint density at radius 2 is 1.64 bits per heavy atom. The van der Waals surface area contributed by atoms with Gasteiger partial charge in [-0.1, -0.05) is 13.8 Å². The van der Waals surface area contributed by atoms with Crippen LogP contribution in [0.25, 0.3) is 0 Å². The number of hydrogen-bond acceptors (Lipinski definition) is 4. The number of carbonyl (C=O) groups excluding carboxylic acids is 2. The summed E-state index contributed by atoms with van der Waals surface area (Å²) in [4.78, 5) is 27.2. The predicted octanol–water partition coefficient (Wildman–Crippen LogP) is 2.37. The van der Waals surface area contributed by atoms with Crippen LogP contribution in [0, 0.1) is 29.1 Å². The van der Waals surface area contributed by atoms with E-state index in [2.05, 4.69) is 13.8 Å². The number of likely N-dealkylation sites (tertiary alicyclic amines) is 1. The number of rotatable bonds is 3. The third kappa shape index (κ3) is 3.20. The highest BCUT2D eigenvalue weighted by atomic mass is 16.5. The Morgan fingerprint density at radius 1 is 1.04 bits per heavy atom. The van der Waals surface area contributed by atoms with Gasteiger partial charge in [0.1, 0.15) is 0 Å². The molecule has 4 atom stereocenters. The second kappa shape index (κ2) is 5.97. The first-order chi connectivity index (χ1) is 11.8. The second-order valence-electron chi connectivity index (χ2n) is 9.79. The Bertz CT molecular complexity index is 550. The van der Waals surface area contributed by atoms with Crippen molar-refractivity contribution < 1.29 is 19.4 Å². The van der Waals surface area contributed by atoms with E-state index in [1.165, 1.54) is 0 Å². The van der Waals surface area contributed by atoms with Crippen LogP contribution < -0.4 is 0 Å². The molecule has 25 heavy (non-hydrogen) atoms. The quantitative estimate of drug-likeness (QED) is 0.795. The summed E-state index contributed by atoms with van der Waals surface area (Å²) in [5.41, 5.74) is -1.22. The van der Waals surface area contributed by atoms with Crippen LogP contribution in [0.1, 0.15) is 58.8 Å². The molecular weight excluding hydrogens is 318 g/mol. The Morgan fingerprint density at radius 3 is 2.20 bits per heavy atom. The van der Waals surface area contributed by atoms with Gasteiger partial charge in [0.15, 0.2) is 6.61 Å². The van der Waals surface area contributed by atoms with E-state index >= 15 is 0 Å². The van der Waals surface area contributed by atoms with Crippen LogP contribution in [0.3, 0.4) is 0 Å². The van der Waals surface area contributed by atoms with Gasteiger partial charge in [-0.25, -0.2) is 0 Å². The molecule has 0 aromatic heterocycles. The van der Waals surface area contributed by atoms with E-state index in [1.54, 1.807) is 0 Å². The lowest BCUT2D eigenvalue weighted by molar-refractivity contribution is -0.197. The molecular formula is C20H31NO4. The molecule has 4 saturated carbocycles. The number of ether oxygens (including phenoxy) is 1. The fraction of sp³-hybridized carbons (Fsp3) is 0.900. The molecule has 5 aliphatic rings. The molecule has 4 aliphatic carbocycles. The van der Waals surface area contributed by atoms with E-state index in [-0.39, 0.29) is 18.5 Å². The minimum Gasteiger partial charge on any atom is -0.455 e.